The molecule has 7 nitrogen and oxygen atoms in total. The van der Waals surface area contributed by atoms with Crippen molar-refractivity contribution >= 4 is 26.8 Å². The molecule has 0 saturated heterocycles. The lowest BCUT2D eigenvalue weighted by molar-refractivity contribution is 0.415. The third-order valence-electron chi connectivity index (χ3n) is 3.89. The molecule has 0 aliphatic carbocycles. The summed E-state index contributed by atoms with van der Waals surface area (Å²) in [5.41, 5.74) is 1.71. The number of aryl methyl sites for hydroxylation is 2. The van der Waals surface area contributed by atoms with Crippen molar-refractivity contribution in [3.63, 3.8) is 0 Å². The van der Waals surface area contributed by atoms with E-state index in [1.54, 1.807) is 37.3 Å². The highest BCUT2D eigenvalue weighted by Gasteiger charge is 2.20. The lowest BCUT2D eigenvalue weighted by Gasteiger charge is -2.11. The van der Waals surface area contributed by atoms with Crippen molar-refractivity contribution in [1.82, 2.24) is 4.57 Å². The second-order valence-corrected chi connectivity index (χ2v) is 7.19. The molecule has 132 valence electrons. The van der Waals surface area contributed by atoms with Crippen LogP contribution in [0.4, 0.5) is 5.69 Å². The Hall–Kier alpha value is -2.74. The van der Waals surface area contributed by atoms with Gasteiger partial charge in [0, 0.05) is 18.7 Å². The van der Waals surface area contributed by atoms with Crippen LogP contribution in [0.25, 0.3) is 11.1 Å². The lowest BCUT2D eigenvalue weighted by Crippen LogP contribution is -2.14. The molecule has 0 fully saturated rings. The summed E-state index contributed by atoms with van der Waals surface area (Å²) in [4.78, 5) is 11.9. The minimum absolute atomic E-state index is 0.0554. The second-order valence-electron chi connectivity index (χ2n) is 5.54. The molecule has 3 rings (SSSR count). The molecule has 2 aromatic carbocycles. The summed E-state index contributed by atoms with van der Waals surface area (Å²) in [6.07, 6.45) is 0. The number of hydrogen-bond acceptors (Lipinski definition) is 5. The first kappa shape index (κ1) is 17.1. The van der Waals surface area contributed by atoms with Crippen molar-refractivity contribution in [3.8, 4) is 5.75 Å². The van der Waals surface area contributed by atoms with E-state index in [0.717, 1.165) is 0 Å². The first-order chi connectivity index (χ1) is 11.9. The first-order valence-corrected chi connectivity index (χ1v) is 9.15. The van der Waals surface area contributed by atoms with Gasteiger partial charge in [-0.2, -0.15) is 0 Å². The normalized spacial score (nSPS) is 11.6. The minimum atomic E-state index is -3.85. The molecular weight excluding hydrogens is 344 g/mol. The number of sulfonamides is 1. The fourth-order valence-electron chi connectivity index (χ4n) is 2.68. The highest BCUT2D eigenvalue weighted by molar-refractivity contribution is 7.92. The molecule has 0 aliphatic rings. The van der Waals surface area contributed by atoms with Crippen molar-refractivity contribution in [3.05, 3.63) is 52.5 Å². The second kappa shape index (κ2) is 6.29. The van der Waals surface area contributed by atoms with Crippen LogP contribution >= 0.6 is 0 Å². The van der Waals surface area contributed by atoms with Crippen molar-refractivity contribution in [2.75, 3.05) is 11.8 Å². The van der Waals surface area contributed by atoms with Crippen LogP contribution in [-0.2, 0) is 16.6 Å². The van der Waals surface area contributed by atoms with Gasteiger partial charge in [-0.1, -0.05) is 6.07 Å². The Balaban J connectivity index is 2.07. The molecule has 0 amide bonds. The van der Waals surface area contributed by atoms with Crippen molar-refractivity contribution in [2.24, 2.45) is 0 Å². The Morgan fingerprint density at radius 3 is 2.68 bits per heavy atom. The van der Waals surface area contributed by atoms with Crippen LogP contribution in [0.5, 0.6) is 5.75 Å². The molecule has 1 heterocycles. The Bertz CT molecular complexity index is 1100. The molecule has 0 unspecified atom stereocenters. The molecule has 25 heavy (non-hydrogen) atoms. The summed E-state index contributed by atoms with van der Waals surface area (Å²) < 4.78 is 39.7. The predicted octanol–water partition coefficient (Wildman–Crippen LogP) is 2.73. The molecule has 1 aromatic heterocycles. The van der Waals surface area contributed by atoms with E-state index in [2.05, 4.69) is 4.72 Å². The van der Waals surface area contributed by atoms with Gasteiger partial charge in [-0.05, 0) is 37.6 Å². The number of methoxy groups -OCH3 is 1. The van der Waals surface area contributed by atoms with E-state index < -0.39 is 15.8 Å². The fourth-order valence-corrected chi connectivity index (χ4v) is 3.97. The highest BCUT2D eigenvalue weighted by atomic mass is 32.2. The van der Waals surface area contributed by atoms with Crippen LogP contribution in [0.15, 0.2) is 50.5 Å². The van der Waals surface area contributed by atoms with Gasteiger partial charge < -0.3 is 9.15 Å². The van der Waals surface area contributed by atoms with E-state index in [1.807, 2.05) is 6.92 Å². The molecule has 0 aliphatic heterocycles. The van der Waals surface area contributed by atoms with E-state index in [9.17, 15) is 13.2 Å². The SMILES string of the molecule is CCn1c(=O)oc2cc(S(=O)(=O)Nc3cccc(OC)c3)c(C)cc21. The van der Waals surface area contributed by atoms with Crippen molar-refractivity contribution in [2.45, 2.75) is 25.3 Å². The van der Waals surface area contributed by atoms with Gasteiger partial charge in [0.2, 0.25) is 0 Å². The van der Waals surface area contributed by atoms with Gasteiger partial charge in [0.15, 0.2) is 5.58 Å². The van der Waals surface area contributed by atoms with Crippen LogP contribution in [0, 0.1) is 6.92 Å². The van der Waals surface area contributed by atoms with Gasteiger partial charge in [0.1, 0.15) is 5.75 Å². The number of anilines is 1. The molecule has 0 radical (unpaired) electrons. The number of nitrogens with one attached hydrogen (secondary N) is 1. The number of hydrogen-bond donors (Lipinski definition) is 1. The van der Waals surface area contributed by atoms with Gasteiger partial charge in [0.25, 0.3) is 10.0 Å². The van der Waals surface area contributed by atoms with Gasteiger partial charge in [-0.15, -0.1) is 0 Å². The number of oxazole rings is 1. The molecule has 0 bridgehead atoms. The van der Waals surface area contributed by atoms with Gasteiger partial charge in [0.05, 0.1) is 23.2 Å². The van der Waals surface area contributed by atoms with Gasteiger partial charge in [-0.3, -0.25) is 9.29 Å². The summed E-state index contributed by atoms with van der Waals surface area (Å²) in [7, 11) is -2.34. The zero-order chi connectivity index (χ0) is 18.2. The standard InChI is InChI=1S/C17H18N2O5S/c1-4-19-14-8-11(2)16(10-15(14)24-17(19)20)25(21,22)18-12-6-5-7-13(9-12)23-3/h5-10,18H,4H2,1-3H3. The minimum Gasteiger partial charge on any atom is -0.497 e. The molecule has 0 saturated carbocycles. The molecule has 0 atom stereocenters. The van der Waals surface area contributed by atoms with E-state index in [-0.39, 0.29) is 10.5 Å². The average Bonchev–Trinajstić information content (AvgIpc) is 2.88. The maximum Gasteiger partial charge on any atom is 0.419 e. The topological polar surface area (TPSA) is 90.5 Å². The molecule has 1 N–H and O–H groups in total. The van der Waals surface area contributed by atoms with Crippen LogP contribution in [0.3, 0.4) is 0 Å². The van der Waals surface area contributed by atoms with Gasteiger partial charge in [-0.25, -0.2) is 13.2 Å². The maximum atomic E-state index is 12.7. The Labute approximate surface area is 144 Å². The molecule has 3 aromatic rings. The number of nitrogens with zero attached hydrogens (tertiary/aromatic N) is 1. The van der Waals surface area contributed by atoms with Crippen LogP contribution in [-0.4, -0.2) is 20.1 Å². The number of rotatable bonds is 5. The van der Waals surface area contributed by atoms with E-state index in [4.69, 9.17) is 9.15 Å². The summed E-state index contributed by atoms with van der Waals surface area (Å²) in [5.74, 6) is 0.0330. The summed E-state index contributed by atoms with van der Waals surface area (Å²) in [6.45, 7) is 3.94. The zero-order valence-corrected chi connectivity index (χ0v) is 14.9. The smallest absolute Gasteiger partial charge is 0.419 e. The third kappa shape index (κ3) is 3.12. The van der Waals surface area contributed by atoms with Crippen molar-refractivity contribution in [1.29, 1.82) is 0 Å². The summed E-state index contributed by atoms with van der Waals surface area (Å²) >= 11 is 0. The molecule has 0 spiro atoms. The van der Waals surface area contributed by atoms with Crippen LogP contribution < -0.4 is 15.2 Å². The molecular formula is C17H18N2O5S. The van der Waals surface area contributed by atoms with Gasteiger partial charge >= 0.3 is 5.76 Å². The third-order valence-corrected chi connectivity index (χ3v) is 5.42. The zero-order valence-electron chi connectivity index (χ0n) is 14.1. The number of fused-ring (bicyclic) bond motifs is 1. The van der Waals surface area contributed by atoms with E-state index >= 15 is 0 Å². The molecule has 8 heteroatoms. The Kier molecular flexibility index (Phi) is 4.30. The monoisotopic (exact) mass is 362 g/mol. The maximum absolute atomic E-state index is 12.7. The lowest BCUT2D eigenvalue weighted by atomic mass is 10.2. The quantitative estimate of drug-likeness (QED) is 0.754. The highest BCUT2D eigenvalue weighted by Crippen LogP contribution is 2.26. The summed E-state index contributed by atoms with van der Waals surface area (Å²) in [6, 6.07) is 9.63. The Morgan fingerprint density at radius 2 is 2.00 bits per heavy atom. The van der Waals surface area contributed by atoms with Crippen molar-refractivity contribution < 1.29 is 17.6 Å². The number of ether oxygens (including phenoxy) is 1. The van der Waals surface area contributed by atoms with E-state index in [0.29, 0.717) is 29.1 Å². The summed E-state index contributed by atoms with van der Waals surface area (Å²) in [5, 5.41) is 0. The van der Waals surface area contributed by atoms with E-state index in [1.165, 1.54) is 17.7 Å². The largest absolute Gasteiger partial charge is 0.497 e. The van der Waals surface area contributed by atoms with Crippen LogP contribution in [0.1, 0.15) is 12.5 Å². The number of benzene rings is 2. The first-order valence-electron chi connectivity index (χ1n) is 7.66. The Morgan fingerprint density at radius 1 is 1.24 bits per heavy atom. The fraction of sp³-hybridized carbons (Fsp3) is 0.235. The predicted molar refractivity (Wildman–Crippen MR) is 94.7 cm³/mol. The number of aromatic nitrogens is 1. The van der Waals surface area contributed by atoms with Crippen LogP contribution in [0.2, 0.25) is 0 Å². The average molecular weight is 362 g/mol.